The Morgan fingerprint density at radius 2 is 2.12 bits per heavy atom. The highest BCUT2D eigenvalue weighted by molar-refractivity contribution is 7.07. The summed E-state index contributed by atoms with van der Waals surface area (Å²) in [7, 11) is 1.51. The minimum Gasteiger partial charge on any atom is -0.491 e. The minimum absolute atomic E-state index is 0.135. The molecule has 4 rings (SSSR count). The quantitative estimate of drug-likeness (QED) is 0.472. The molecule has 0 radical (unpaired) electrons. The summed E-state index contributed by atoms with van der Waals surface area (Å²) in [4.78, 5) is 36.6. The van der Waals surface area contributed by atoms with Crippen LogP contribution in [0, 0.1) is 0 Å². The van der Waals surface area contributed by atoms with Gasteiger partial charge in [-0.05, 0) is 25.5 Å². The molecule has 2 aromatic heterocycles. The summed E-state index contributed by atoms with van der Waals surface area (Å²) in [5.74, 6) is 0.572. The third kappa shape index (κ3) is 5.15. The van der Waals surface area contributed by atoms with Crippen LogP contribution in [0.1, 0.15) is 23.8 Å². The van der Waals surface area contributed by atoms with Crippen LogP contribution in [0.4, 0.5) is 5.95 Å². The maximum Gasteiger partial charge on any atom is 0.277 e. The Hall–Kier alpha value is -3.02. The van der Waals surface area contributed by atoms with Gasteiger partial charge in [-0.3, -0.25) is 24.4 Å². The first-order valence-corrected chi connectivity index (χ1v) is 11.8. The van der Waals surface area contributed by atoms with Crippen molar-refractivity contribution in [1.29, 1.82) is 0 Å². The van der Waals surface area contributed by atoms with Gasteiger partial charge in [0, 0.05) is 31.6 Å². The lowest BCUT2D eigenvalue weighted by Gasteiger charge is -2.26. The van der Waals surface area contributed by atoms with E-state index in [0.717, 1.165) is 39.3 Å². The van der Waals surface area contributed by atoms with Crippen molar-refractivity contribution in [2.45, 2.75) is 19.9 Å². The van der Waals surface area contributed by atoms with Gasteiger partial charge in [0.05, 0.1) is 37.8 Å². The molecule has 0 saturated carbocycles. The Kier molecular flexibility index (Phi) is 7.53. The highest BCUT2D eigenvalue weighted by Gasteiger charge is 2.19. The van der Waals surface area contributed by atoms with Crippen molar-refractivity contribution < 1.29 is 19.0 Å². The molecule has 0 aliphatic carbocycles. The number of hydrogen-bond donors (Lipinski definition) is 1. The third-order valence-electron chi connectivity index (χ3n) is 5.43. The fourth-order valence-corrected chi connectivity index (χ4v) is 4.26. The van der Waals surface area contributed by atoms with Gasteiger partial charge in [-0.15, -0.1) is 11.3 Å². The number of ether oxygens (including phenoxy) is 3. The van der Waals surface area contributed by atoms with Gasteiger partial charge in [-0.25, -0.2) is 9.97 Å². The van der Waals surface area contributed by atoms with Gasteiger partial charge in [0.25, 0.3) is 11.5 Å². The normalized spacial score (nSPS) is 14.4. The fourth-order valence-electron chi connectivity index (χ4n) is 3.73. The van der Waals surface area contributed by atoms with Crippen LogP contribution < -0.4 is 20.3 Å². The Balaban J connectivity index is 1.58. The van der Waals surface area contributed by atoms with Crippen LogP contribution in [0.25, 0.3) is 10.9 Å². The predicted octanol–water partition coefficient (Wildman–Crippen LogP) is 2.23. The topological polar surface area (TPSA) is 108 Å². The number of benzene rings is 1. The molecule has 0 bridgehead atoms. The molecule has 1 aliphatic heterocycles. The average Bonchev–Trinajstić information content (AvgIpc) is 3.38. The molecular formula is C22H27N5O5S. The van der Waals surface area contributed by atoms with Gasteiger partial charge < -0.3 is 14.2 Å². The number of morpholine rings is 1. The van der Waals surface area contributed by atoms with E-state index in [1.54, 1.807) is 23.0 Å². The Morgan fingerprint density at radius 1 is 1.30 bits per heavy atom. The van der Waals surface area contributed by atoms with Crippen LogP contribution in [-0.4, -0.2) is 71.9 Å². The number of rotatable bonds is 9. The molecule has 1 N–H and O–H groups in total. The van der Waals surface area contributed by atoms with Crippen molar-refractivity contribution in [3.8, 4) is 11.5 Å². The molecular weight excluding hydrogens is 446 g/mol. The summed E-state index contributed by atoms with van der Waals surface area (Å²) in [6.07, 6.45) is 0.848. The lowest BCUT2D eigenvalue weighted by Crippen LogP contribution is -2.37. The van der Waals surface area contributed by atoms with Crippen LogP contribution in [0.15, 0.2) is 27.8 Å². The molecule has 11 heteroatoms. The van der Waals surface area contributed by atoms with Crippen molar-refractivity contribution in [2.24, 2.45) is 0 Å². The smallest absolute Gasteiger partial charge is 0.277 e. The van der Waals surface area contributed by atoms with Crippen LogP contribution in [0.5, 0.6) is 11.5 Å². The lowest BCUT2D eigenvalue weighted by molar-refractivity contribution is 0.0357. The zero-order chi connectivity index (χ0) is 23.2. The second-order valence-corrected chi connectivity index (χ2v) is 8.18. The number of carbonyl (C=O) groups excluding carboxylic acids is 1. The number of nitrogens with one attached hydrogen (secondary N) is 1. The molecule has 176 valence electrons. The van der Waals surface area contributed by atoms with E-state index in [9.17, 15) is 9.59 Å². The zero-order valence-electron chi connectivity index (χ0n) is 18.7. The minimum atomic E-state index is -0.431. The first kappa shape index (κ1) is 23.1. The Bertz CT molecular complexity index is 1160. The Labute approximate surface area is 195 Å². The van der Waals surface area contributed by atoms with Gasteiger partial charge in [-0.2, -0.15) is 0 Å². The highest BCUT2D eigenvalue weighted by atomic mass is 32.1. The standard InChI is InChI=1S/C22H27N5O5S/c1-3-27-21(29)15-5-6-17(32-10-4-7-26-8-11-31-12-9-26)19(30-2)18(15)24-22(27)25-20(28)16-13-33-14-23-16/h5-6,13-14H,3-4,7-12H2,1-2H3,(H,24,25,28). The monoisotopic (exact) mass is 473 g/mol. The second kappa shape index (κ2) is 10.7. The number of carbonyl (C=O) groups is 1. The molecule has 0 unspecified atom stereocenters. The molecule has 33 heavy (non-hydrogen) atoms. The fraction of sp³-hybridized carbons (Fsp3) is 0.455. The van der Waals surface area contributed by atoms with E-state index < -0.39 is 5.91 Å². The van der Waals surface area contributed by atoms with Crippen molar-refractivity contribution in [3.63, 3.8) is 0 Å². The van der Waals surface area contributed by atoms with Crippen LogP contribution in [0.3, 0.4) is 0 Å². The largest absolute Gasteiger partial charge is 0.491 e. The van der Waals surface area contributed by atoms with E-state index in [-0.39, 0.29) is 17.2 Å². The maximum absolute atomic E-state index is 13.1. The summed E-state index contributed by atoms with van der Waals surface area (Å²) in [5.41, 5.74) is 1.91. The lowest BCUT2D eigenvalue weighted by atomic mass is 10.2. The molecule has 1 amide bonds. The first-order valence-electron chi connectivity index (χ1n) is 10.9. The van der Waals surface area contributed by atoms with E-state index in [4.69, 9.17) is 14.2 Å². The Morgan fingerprint density at radius 3 is 2.82 bits per heavy atom. The van der Waals surface area contributed by atoms with Crippen molar-refractivity contribution >= 4 is 34.1 Å². The number of fused-ring (bicyclic) bond motifs is 1. The number of nitrogens with zero attached hydrogens (tertiary/aromatic N) is 4. The number of anilines is 1. The van der Waals surface area contributed by atoms with E-state index in [0.29, 0.717) is 35.6 Å². The predicted molar refractivity (Wildman–Crippen MR) is 126 cm³/mol. The molecule has 0 atom stereocenters. The first-order chi connectivity index (χ1) is 16.1. The summed E-state index contributed by atoms with van der Waals surface area (Å²) >= 11 is 1.31. The van der Waals surface area contributed by atoms with E-state index in [1.165, 1.54) is 23.0 Å². The summed E-state index contributed by atoms with van der Waals surface area (Å²) < 4.78 is 18.3. The SMILES string of the molecule is CCn1c(NC(=O)c2cscn2)nc2c(OC)c(OCCCN3CCOCC3)ccc2c1=O. The average molecular weight is 474 g/mol. The van der Waals surface area contributed by atoms with Gasteiger partial charge in [0.1, 0.15) is 11.2 Å². The molecule has 1 fully saturated rings. The molecule has 1 aliphatic rings. The van der Waals surface area contributed by atoms with Gasteiger partial charge in [-0.1, -0.05) is 0 Å². The van der Waals surface area contributed by atoms with Gasteiger partial charge in [0.15, 0.2) is 11.5 Å². The molecule has 1 saturated heterocycles. The van der Waals surface area contributed by atoms with Crippen molar-refractivity contribution in [2.75, 3.05) is 51.9 Å². The zero-order valence-corrected chi connectivity index (χ0v) is 19.5. The molecule has 1 aromatic carbocycles. The molecule has 0 spiro atoms. The number of aromatic nitrogens is 3. The summed E-state index contributed by atoms with van der Waals surface area (Å²) in [6.45, 7) is 6.98. The van der Waals surface area contributed by atoms with E-state index in [1.807, 2.05) is 6.92 Å². The molecule has 10 nitrogen and oxygen atoms in total. The van der Waals surface area contributed by atoms with Crippen LogP contribution in [-0.2, 0) is 11.3 Å². The van der Waals surface area contributed by atoms with E-state index >= 15 is 0 Å². The second-order valence-electron chi connectivity index (χ2n) is 7.46. The van der Waals surface area contributed by atoms with Crippen LogP contribution in [0.2, 0.25) is 0 Å². The van der Waals surface area contributed by atoms with Crippen molar-refractivity contribution in [3.05, 3.63) is 39.1 Å². The van der Waals surface area contributed by atoms with Crippen LogP contribution >= 0.6 is 11.3 Å². The molecule has 3 heterocycles. The van der Waals surface area contributed by atoms with Crippen molar-refractivity contribution in [1.82, 2.24) is 19.4 Å². The van der Waals surface area contributed by atoms with Gasteiger partial charge >= 0.3 is 0 Å². The number of methoxy groups -OCH3 is 1. The van der Waals surface area contributed by atoms with E-state index in [2.05, 4.69) is 20.2 Å². The summed E-state index contributed by atoms with van der Waals surface area (Å²) in [5, 5.41) is 4.72. The number of thiazole rings is 1. The summed E-state index contributed by atoms with van der Waals surface area (Å²) in [6, 6.07) is 3.41. The van der Waals surface area contributed by atoms with Gasteiger partial charge in [0.2, 0.25) is 5.95 Å². The molecule has 3 aromatic rings. The highest BCUT2D eigenvalue weighted by Crippen LogP contribution is 2.34. The number of hydrogen-bond acceptors (Lipinski definition) is 9. The number of amides is 1. The third-order valence-corrected chi connectivity index (χ3v) is 6.02. The maximum atomic E-state index is 13.1.